The van der Waals surface area contributed by atoms with Crippen molar-refractivity contribution in [1.29, 1.82) is 0 Å². The quantitative estimate of drug-likeness (QED) is 0.247. The second kappa shape index (κ2) is 12.0. The fraction of sp³-hybridized carbons (Fsp3) is 0.320. The maximum Gasteiger partial charge on any atom is 4.00 e. The first kappa shape index (κ1) is 31.8. The predicted molar refractivity (Wildman–Crippen MR) is 118 cm³/mol. The van der Waals surface area contributed by atoms with Crippen LogP contribution in [0, 0.1) is 27.7 Å². The molecule has 0 aliphatic carbocycles. The van der Waals surface area contributed by atoms with Crippen LogP contribution in [-0.2, 0) is 21.7 Å². The normalized spacial score (nSPS) is 10.8. The molecule has 0 bridgehead atoms. The van der Waals surface area contributed by atoms with Gasteiger partial charge in [-0.3, -0.25) is 0 Å². The van der Waals surface area contributed by atoms with E-state index >= 15 is 0 Å². The van der Waals surface area contributed by atoms with Crippen LogP contribution in [0.4, 0.5) is 0 Å². The minimum Gasteiger partial charge on any atom is -1.00 e. The van der Waals surface area contributed by atoms with E-state index in [2.05, 4.69) is 109 Å². The summed E-state index contributed by atoms with van der Waals surface area (Å²) in [6.07, 6.45) is 0. The van der Waals surface area contributed by atoms with E-state index in [1.54, 1.807) is 5.19 Å². The summed E-state index contributed by atoms with van der Waals surface area (Å²) in [6.45, 7) is 16.6. The molecule has 0 saturated heterocycles. The average Bonchev–Trinajstić information content (AvgIpc) is 2.81. The standard InChI is InChI=1S/C25H31Si.3ClH.Ti/c1-18-19(2)21(4)24(20(18)3)26(25(5,6)7,22-14-10-8-11-15-22)23-16-12-9-13-17-23;;;;/h8-17H,1-7H3;3*1H;/q-1;;;;+4/p-3. The third-order valence-corrected chi connectivity index (χ3v) is 12.5. The maximum atomic E-state index is 2.44. The third kappa shape index (κ3) is 4.98. The smallest absolute Gasteiger partial charge is 1.00 e. The number of hydrogen-bond acceptors (Lipinski definition) is 0. The van der Waals surface area contributed by atoms with Crippen LogP contribution in [0.5, 0.6) is 0 Å². The Labute approximate surface area is 217 Å². The van der Waals surface area contributed by atoms with Crippen molar-refractivity contribution in [2.75, 3.05) is 0 Å². The molecule has 3 aromatic carbocycles. The molecule has 0 N–H and O–H groups in total. The molecule has 0 heterocycles. The van der Waals surface area contributed by atoms with Gasteiger partial charge in [-0.1, -0.05) is 120 Å². The third-order valence-electron chi connectivity index (χ3n) is 6.35. The van der Waals surface area contributed by atoms with Crippen LogP contribution in [0.25, 0.3) is 0 Å². The molecule has 0 amide bonds. The summed E-state index contributed by atoms with van der Waals surface area (Å²) in [5.74, 6) is 0. The Morgan fingerprint density at radius 2 is 0.900 bits per heavy atom. The topological polar surface area (TPSA) is 0 Å². The van der Waals surface area contributed by atoms with Crippen molar-refractivity contribution in [3.63, 3.8) is 0 Å². The maximum absolute atomic E-state index is 2.44. The molecule has 0 radical (unpaired) electrons. The molecule has 0 saturated carbocycles. The van der Waals surface area contributed by atoms with Crippen LogP contribution < -0.4 is 52.8 Å². The summed E-state index contributed by atoms with van der Waals surface area (Å²) in [6, 6.07) is 22.6. The van der Waals surface area contributed by atoms with Gasteiger partial charge in [0.15, 0.2) is 0 Å². The van der Waals surface area contributed by atoms with Crippen LogP contribution in [0.1, 0.15) is 43.0 Å². The van der Waals surface area contributed by atoms with Gasteiger partial charge in [0.1, 0.15) is 0 Å². The first-order valence-corrected chi connectivity index (χ1v) is 11.6. The van der Waals surface area contributed by atoms with Gasteiger partial charge >= 0.3 is 21.7 Å². The Hall–Kier alpha value is -0.409. The van der Waals surface area contributed by atoms with E-state index in [9.17, 15) is 0 Å². The Morgan fingerprint density at radius 3 is 1.17 bits per heavy atom. The Kier molecular flexibility index (Phi) is 12.7. The number of hydrogen-bond donors (Lipinski definition) is 0. The zero-order valence-electron chi connectivity index (χ0n) is 18.9. The van der Waals surface area contributed by atoms with Gasteiger partial charge in [0.2, 0.25) is 0 Å². The number of halogens is 3. The second-order valence-electron chi connectivity index (χ2n) is 8.61. The molecule has 0 aliphatic rings. The molecule has 0 atom stereocenters. The molecule has 0 fully saturated rings. The van der Waals surface area contributed by atoms with Crippen molar-refractivity contribution in [2.24, 2.45) is 0 Å². The van der Waals surface area contributed by atoms with Gasteiger partial charge in [0, 0.05) is 0 Å². The van der Waals surface area contributed by atoms with E-state index in [1.165, 1.54) is 32.6 Å². The van der Waals surface area contributed by atoms with Crippen LogP contribution in [-0.4, -0.2) is 8.07 Å². The summed E-state index contributed by atoms with van der Waals surface area (Å²) < 4.78 is 0. The first-order chi connectivity index (χ1) is 12.2. The molecule has 0 spiro atoms. The number of rotatable bonds is 3. The minimum absolute atomic E-state index is 0. The zero-order chi connectivity index (χ0) is 19.1. The van der Waals surface area contributed by atoms with E-state index in [4.69, 9.17) is 0 Å². The van der Waals surface area contributed by atoms with E-state index < -0.39 is 8.07 Å². The molecule has 3 aromatic rings. The van der Waals surface area contributed by atoms with Crippen LogP contribution in [0.3, 0.4) is 0 Å². The van der Waals surface area contributed by atoms with Crippen molar-refractivity contribution in [2.45, 2.75) is 53.5 Å². The Bertz CT molecular complexity index is 848. The van der Waals surface area contributed by atoms with E-state index in [1.807, 2.05) is 0 Å². The Morgan fingerprint density at radius 1 is 0.600 bits per heavy atom. The fourth-order valence-electron chi connectivity index (χ4n) is 4.85. The summed E-state index contributed by atoms with van der Waals surface area (Å²) in [7, 11) is -2.23. The molecule has 0 nitrogen and oxygen atoms in total. The van der Waals surface area contributed by atoms with Gasteiger partial charge in [0.05, 0.1) is 8.07 Å². The van der Waals surface area contributed by atoms with Crippen molar-refractivity contribution in [3.05, 3.63) is 82.9 Å². The fourth-order valence-corrected chi connectivity index (χ4v) is 11.1. The van der Waals surface area contributed by atoms with Crippen LogP contribution >= 0.6 is 0 Å². The SMILES string of the molecule is Cc1c(C)c(C)[c-]([Si](c2ccccc2)(c2ccccc2)C(C)(C)C)c1C.[Cl-].[Cl-].[Cl-].[Ti+4]. The molecule has 0 unspecified atom stereocenters. The molecular weight excluding hydrogens is 483 g/mol. The monoisotopic (exact) mass is 512 g/mol. The minimum atomic E-state index is -2.23. The van der Waals surface area contributed by atoms with Gasteiger partial charge < -0.3 is 37.2 Å². The molecule has 0 aromatic heterocycles. The largest absolute Gasteiger partial charge is 4.00 e. The van der Waals surface area contributed by atoms with Crippen molar-refractivity contribution in [1.82, 2.24) is 0 Å². The van der Waals surface area contributed by atoms with E-state index in [0.717, 1.165) is 0 Å². The summed E-state index contributed by atoms with van der Waals surface area (Å²) >= 11 is 0. The van der Waals surface area contributed by atoms with Gasteiger partial charge in [-0.2, -0.15) is 22.3 Å². The summed E-state index contributed by atoms with van der Waals surface area (Å²) in [5, 5.41) is 4.79. The average molecular weight is 514 g/mol. The van der Waals surface area contributed by atoms with E-state index in [-0.39, 0.29) is 64.0 Å². The molecule has 3 rings (SSSR count). The van der Waals surface area contributed by atoms with Gasteiger partial charge in [-0.15, -0.1) is 5.19 Å². The summed E-state index contributed by atoms with van der Waals surface area (Å²) in [5.41, 5.74) is 5.92. The summed E-state index contributed by atoms with van der Waals surface area (Å²) in [4.78, 5) is 0. The van der Waals surface area contributed by atoms with Crippen molar-refractivity contribution in [3.8, 4) is 0 Å². The first-order valence-electron chi connectivity index (χ1n) is 9.57. The zero-order valence-corrected chi connectivity index (χ0v) is 23.7. The molecule has 160 valence electrons. The van der Waals surface area contributed by atoms with Gasteiger partial charge in [0.25, 0.3) is 0 Å². The van der Waals surface area contributed by atoms with E-state index in [0.29, 0.717) is 0 Å². The second-order valence-corrected chi connectivity index (χ2v) is 13.3. The molecular formula is C25H31Cl3SiTi. The van der Waals surface area contributed by atoms with Gasteiger partial charge in [-0.25, -0.2) is 0 Å². The van der Waals surface area contributed by atoms with Crippen LogP contribution in [0.15, 0.2) is 60.7 Å². The van der Waals surface area contributed by atoms with Gasteiger partial charge in [-0.05, 0) is 5.04 Å². The Balaban J connectivity index is 0. The molecule has 0 aliphatic heterocycles. The number of benzene rings is 2. The molecule has 5 heteroatoms. The van der Waals surface area contributed by atoms with Crippen molar-refractivity contribution < 1.29 is 58.9 Å². The van der Waals surface area contributed by atoms with Crippen molar-refractivity contribution >= 4 is 23.6 Å². The van der Waals surface area contributed by atoms with Crippen LogP contribution in [0.2, 0.25) is 5.04 Å². The predicted octanol–water partition coefficient (Wildman–Crippen LogP) is -4.08. The molecule has 30 heavy (non-hydrogen) atoms.